The summed E-state index contributed by atoms with van der Waals surface area (Å²) in [7, 11) is 0. The van der Waals surface area contributed by atoms with Crippen molar-refractivity contribution in [2.75, 3.05) is 0 Å². The second-order valence-electron chi connectivity index (χ2n) is 4.34. The van der Waals surface area contributed by atoms with Crippen LogP contribution in [0.4, 0.5) is 0 Å². The van der Waals surface area contributed by atoms with E-state index in [9.17, 15) is 5.11 Å². The van der Waals surface area contributed by atoms with Crippen LogP contribution in [0.1, 0.15) is 17.2 Å². The van der Waals surface area contributed by atoms with E-state index in [1.165, 1.54) is 0 Å². The van der Waals surface area contributed by atoms with Crippen molar-refractivity contribution in [3.8, 4) is 0 Å². The first-order valence-electron chi connectivity index (χ1n) is 6.03. The fraction of sp³-hybridized carbons (Fsp3) is 0.0625. The predicted octanol–water partition coefficient (Wildman–Crippen LogP) is 3.97. The number of hydrogen-bond donors (Lipinski definition) is 1. The molecule has 1 unspecified atom stereocenters. The standard InChI is InChI=1S/C16H12ClNO/c17-14-7-3-1-6-13(14)16(19)12-9-10-18-15-8-4-2-5-11(12)15/h1-10,16,19H. The van der Waals surface area contributed by atoms with E-state index in [2.05, 4.69) is 4.98 Å². The molecule has 0 spiro atoms. The number of halogens is 1. The molecule has 3 rings (SSSR count). The Labute approximate surface area is 116 Å². The molecule has 1 aromatic heterocycles. The molecule has 0 bridgehead atoms. The van der Waals surface area contributed by atoms with Crippen molar-refractivity contribution < 1.29 is 5.11 Å². The fourth-order valence-corrected chi connectivity index (χ4v) is 2.46. The van der Waals surface area contributed by atoms with Crippen molar-refractivity contribution in [1.82, 2.24) is 4.98 Å². The molecule has 0 aliphatic heterocycles. The molecule has 19 heavy (non-hydrogen) atoms. The van der Waals surface area contributed by atoms with Gasteiger partial charge in [0.05, 0.1) is 5.52 Å². The minimum Gasteiger partial charge on any atom is -0.384 e. The third-order valence-corrected chi connectivity index (χ3v) is 3.52. The molecule has 0 aliphatic rings. The Morgan fingerprint density at radius 1 is 0.895 bits per heavy atom. The van der Waals surface area contributed by atoms with Gasteiger partial charge in [-0.1, -0.05) is 48.0 Å². The van der Waals surface area contributed by atoms with Crippen LogP contribution in [0.15, 0.2) is 60.8 Å². The predicted molar refractivity (Wildman–Crippen MR) is 77.3 cm³/mol. The highest BCUT2D eigenvalue weighted by Crippen LogP contribution is 2.31. The second kappa shape index (κ2) is 5.00. The van der Waals surface area contributed by atoms with Crippen LogP contribution >= 0.6 is 11.6 Å². The van der Waals surface area contributed by atoms with Gasteiger partial charge in [-0.25, -0.2) is 0 Å². The average Bonchev–Trinajstić information content (AvgIpc) is 2.46. The van der Waals surface area contributed by atoms with Gasteiger partial charge in [-0.3, -0.25) is 4.98 Å². The summed E-state index contributed by atoms with van der Waals surface area (Å²) in [4.78, 5) is 4.30. The van der Waals surface area contributed by atoms with Gasteiger partial charge < -0.3 is 5.11 Å². The topological polar surface area (TPSA) is 33.1 Å². The van der Waals surface area contributed by atoms with Gasteiger partial charge in [0.25, 0.3) is 0 Å². The maximum absolute atomic E-state index is 10.6. The molecule has 0 amide bonds. The molecule has 0 radical (unpaired) electrons. The lowest BCUT2D eigenvalue weighted by molar-refractivity contribution is 0.222. The molecule has 1 N–H and O–H groups in total. The lowest BCUT2D eigenvalue weighted by atomic mass is 9.98. The van der Waals surface area contributed by atoms with E-state index >= 15 is 0 Å². The highest BCUT2D eigenvalue weighted by atomic mass is 35.5. The molecule has 94 valence electrons. The summed E-state index contributed by atoms with van der Waals surface area (Å²) in [5.74, 6) is 0. The third-order valence-electron chi connectivity index (χ3n) is 3.18. The van der Waals surface area contributed by atoms with E-state index in [0.29, 0.717) is 10.6 Å². The average molecular weight is 270 g/mol. The normalized spacial score (nSPS) is 12.5. The van der Waals surface area contributed by atoms with E-state index in [4.69, 9.17) is 11.6 Å². The van der Waals surface area contributed by atoms with Crippen LogP contribution in [0.3, 0.4) is 0 Å². The smallest absolute Gasteiger partial charge is 0.106 e. The van der Waals surface area contributed by atoms with E-state index < -0.39 is 6.10 Å². The zero-order chi connectivity index (χ0) is 13.2. The van der Waals surface area contributed by atoms with E-state index in [1.807, 2.05) is 48.5 Å². The summed E-state index contributed by atoms with van der Waals surface area (Å²) >= 11 is 6.14. The molecular formula is C16H12ClNO. The van der Waals surface area contributed by atoms with Crippen LogP contribution < -0.4 is 0 Å². The zero-order valence-electron chi connectivity index (χ0n) is 10.1. The lowest BCUT2D eigenvalue weighted by Crippen LogP contribution is -2.01. The number of pyridine rings is 1. The first kappa shape index (κ1) is 12.2. The van der Waals surface area contributed by atoms with Gasteiger partial charge in [0.1, 0.15) is 6.10 Å². The van der Waals surface area contributed by atoms with Crippen LogP contribution in [0.5, 0.6) is 0 Å². The minimum atomic E-state index is -0.749. The zero-order valence-corrected chi connectivity index (χ0v) is 10.9. The Morgan fingerprint density at radius 3 is 2.47 bits per heavy atom. The molecule has 1 heterocycles. The summed E-state index contributed by atoms with van der Waals surface area (Å²) in [6.07, 6.45) is 0.958. The SMILES string of the molecule is OC(c1ccccc1Cl)c1ccnc2ccccc12. The number of aliphatic hydroxyl groups excluding tert-OH is 1. The quantitative estimate of drug-likeness (QED) is 0.764. The van der Waals surface area contributed by atoms with Crippen LogP contribution in [0.2, 0.25) is 5.02 Å². The van der Waals surface area contributed by atoms with Gasteiger partial charge in [0.2, 0.25) is 0 Å². The number of para-hydroxylation sites is 1. The number of aromatic nitrogens is 1. The highest BCUT2D eigenvalue weighted by molar-refractivity contribution is 6.31. The van der Waals surface area contributed by atoms with Gasteiger partial charge in [0, 0.05) is 22.2 Å². The van der Waals surface area contributed by atoms with Gasteiger partial charge in [-0.15, -0.1) is 0 Å². The maximum Gasteiger partial charge on any atom is 0.106 e. The molecule has 2 nitrogen and oxygen atoms in total. The first-order valence-corrected chi connectivity index (χ1v) is 6.41. The molecule has 0 fully saturated rings. The maximum atomic E-state index is 10.6. The van der Waals surface area contributed by atoms with Crippen molar-refractivity contribution in [2.24, 2.45) is 0 Å². The number of nitrogens with zero attached hydrogens (tertiary/aromatic N) is 1. The van der Waals surface area contributed by atoms with Crippen LogP contribution in [-0.4, -0.2) is 10.1 Å². The highest BCUT2D eigenvalue weighted by Gasteiger charge is 2.15. The molecule has 0 aliphatic carbocycles. The molecular weight excluding hydrogens is 258 g/mol. The van der Waals surface area contributed by atoms with Gasteiger partial charge in [-0.2, -0.15) is 0 Å². The molecule has 3 heteroatoms. The number of rotatable bonds is 2. The number of hydrogen-bond acceptors (Lipinski definition) is 2. The van der Waals surface area contributed by atoms with Crippen molar-refractivity contribution in [3.63, 3.8) is 0 Å². The minimum absolute atomic E-state index is 0.566. The molecule has 1 atom stereocenters. The van der Waals surface area contributed by atoms with Crippen molar-refractivity contribution in [1.29, 1.82) is 0 Å². The summed E-state index contributed by atoms with van der Waals surface area (Å²) in [6, 6.07) is 16.9. The molecule has 0 saturated carbocycles. The second-order valence-corrected chi connectivity index (χ2v) is 4.75. The molecule has 2 aromatic carbocycles. The number of fused-ring (bicyclic) bond motifs is 1. The van der Waals surface area contributed by atoms with Crippen molar-refractivity contribution in [2.45, 2.75) is 6.10 Å². The third kappa shape index (κ3) is 2.21. The fourth-order valence-electron chi connectivity index (χ4n) is 2.22. The summed E-state index contributed by atoms with van der Waals surface area (Å²) in [5, 5.41) is 12.1. The Bertz CT molecular complexity index is 721. The van der Waals surface area contributed by atoms with E-state index in [0.717, 1.165) is 16.5 Å². The molecule has 3 aromatic rings. The number of aliphatic hydroxyl groups is 1. The van der Waals surface area contributed by atoms with Crippen LogP contribution in [0.25, 0.3) is 10.9 Å². The largest absolute Gasteiger partial charge is 0.384 e. The van der Waals surface area contributed by atoms with Crippen molar-refractivity contribution in [3.05, 3.63) is 76.9 Å². The van der Waals surface area contributed by atoms with Gasteiger partial charge >= 0.3 is 0 Å². The summed E-state index contributed by atoms with van der Waals surface area (Å²) in [5.41, 5.74) is 2.39. The van der Waals surface area contributed by atoms with Crippen LogP contribution in [-0.2, 0) is 0 Å². The Balaban J connectivity index is 2.17. The van der Waals surface area contributed by atoms with Crippen LogP contribution in [0, 0.1) is 0 Å². The van der Waals surface area contributed by atoms with Gasteiger partial charge in [-0.05, 0) is 23.8 Å². The Kier molecular flexibility index (Phi) is 3.20. The lowest BCUT2D eigenvalue weighted by Gasteiger charge is -2.15. The summed E-state index contributed by atoms with van der Waals surface area (Å²) < 4.78 is 0. The van der Waals surface area contributed by atoms with Crippen molar-refractivity contribution >= 4 is 22.5 Å². The number of benzene rings is 2. The van der Waals surface area contributed by atoms with E-state index in [-0.39, 0.29) is 0 Å². The van der Waals surface area contributed by atoms with Gasteiger partial charge in [0.15, 0.2) is 0 Å². The Hall–Kier alpha value is -1.90. The monoisotopic (exact) mass is 269 g/mol. The molecule has 0 saturated heterocycles. The first-order chi connectivity index (χ1) is 9.27. The Morgan fingerprint density at radius 2 is 1.63 bits per heavy atom. The van der Waals surface area contributed by atoms with E-state index in [1.54, 1.807) is 12.3 Å². The summed E-state index contributed by atoms with van der Waals surface area (Å²) in [6.45, 7) is 0.